The third kappa shape index (κ3) is 2.01. The van der Waals surface area contributed by atoms with Crippen molar-refractivity contribution in [1.29, 1.82) is 0 Å². The summed E-state index contributed by atoms with van der Waals surface area (Å²) in [4.78, 5) is 16.0. The van der Waals surface area contributed by atoms with Crippen LogP contribution in [0.5, 0.6) is 0 Å². The number of amides is 1. The second-order valence-corrected chi connectivity index (χ2v) is 4.10. The minimum Gasteiger partial charge on any atom is -0.368 e. The zero-order chi connectivity index (χ0) is 11.7. The predicted molar refractivity (Wildman–Crippen MR) is 62.8 cm³/mol. The fraction of sp³-hybridized carbons (Fsp3) is 0.333. The highest BCUT2D eigenvalue weighted by atomic mass is 16.5. The number of carbonyl (C=O) groups is 1. The van der Waals surface area contributed by atoms with Crippen molar-refractivity contribution in [2.45, 2.75) is 18.9 Å². The molecule has 0 spiro atoms. The van der Waals surface area contributed by atoms with E-state index < -0.39 is 0 Å². The highest BCUT2D eigenvalue weighted by Crippen LogP contribution is 2.15. The van der Waals surface area contributed by atoms with Crippen LogP contribution in [0.15, 0.2) is 30.7 Å². The second-order valence-electron chi connectivity index (χ2n) is 4.10. The second kappa shape index (κ2) is 4.18. The molecule has 3 rings (SSSR count). The molecule has 3 heterocycles. The molecule has 1 aliphatic rings. The van der Waals surface area contributed by atoms with Crippen molar-refractivity contribution in [3.63, 3.8) is 0 Å². The monoisotopic (exact) mass is 231 g/mol. The van der Waals surface area contributed by atoms with Gasteiger partial charge < -0.3 is 14.5 Å². The Balaban J connectivity index is 1.77. The van der Waals surface area contributed by atoms with Gasteiger partial charge >= 0.3 is 0 Å². The lowest BCUT2D eigenvalue weighted by molar-refractivity contribution is -0.124. The maximum Gasteiger partial charge on any atom is 0.253 e. The maximum absolute atomic E-state index is 11.8. The summed E-state index contributed by atoms with van der Waals surface area (Å²) in [5.74, 6) is -0.0676. The van der Waals surface area contributed by atoms with Gasteiger partial charge in [-0.2, -0.15) is 0 Å². The lowest BCUT2D eigenvalue weighted by atomic mass is 10.2. The molecule has 0 bridgehead atoms. The van der Waals surface area contributed by atoms with E-state index in [4.69, 9.17) is 4.74 Å². The SMILES string of the molecule is O=C(Nc1ccc2nccn2c1)C1CCCO1. The number of imidazole rings is 1. The normalized spacial score (nSPS) is 19.6. The number of nitrogens with one attached hydrogen (secondary N) is 1. The van der Waals surface area contributed by atoms with Crippen molar-refractivity contribution in [3.05, 3.63) is 30.7 Å². The molecule has 1 saturated heterocycles. The van der Waals surface area contributed by atoms with E-state index >= 15 is 0 Å². The average Bonchev–Trinajstić information content (AvgIpc) is 2.99. The molecule has 1 atom stereocenters. The van der Waals surface area contributed by atoms with Crippen molar-refractivity contribution in [2.75, 3.05) is 11.9 Å². The number of hydrogen-bond acceptors (Lipinski definition) is 3. The fourth-order valence-electron chi connectivity index (χ4n) is 2.00. The highest BCUT2D eigenvalue weighted by Gasteiger charge is 2.23. The molecule has 1 aliphatic heterocycles. The molecule has 17 heavy (non-hydrogen) atoms. The largest absolute Gasteiger partial charge is 0.368 e. The molecule has 0 saturated carbocycles. The van der Waals surface area contributed by atoms with Crippen LogP contribution < -0.4 is 5.32 Å². The summed E-state index contributed by atoms with van der Waals surface area (Å²) in [5.41, 5.74) is 1.62. The zero-order valence-electron chi connectivity index (χ0n) is 9.30. The van der Waals surface area contributed by atoms with Gasteiger partial charge in [0.25, 0.3) is 5.91 Å². The van der Waals surface area contributed by atoms with E-state index in [1.807, 2.05) is 28.9 Å². The molecule has 1 unspecified atom stereocenters. The molecule has 1 fully saturated rings. The molecular formula is C12H13N3O2. The van der Waals surface area contributed by atoms with E-state index in [0.717, 1.165) is 24.2 Å². The number of nitrogens with zero attached hydrogens (tertiary/aromatic N) is 2. The summed E-state index contributed by atoms with van der Waals surface area (Å²) in [7, 11) is 0. The number of pyridine rings is 1. The summed E-state index contributed by atoms with van der Waals surface area (Å²) in [6, 6.07) is 3.71. The Morgan fingerprint density at radius 3 is 3.29 bits per heavy atom. The van der Waals surface area contributed by atoms with Gasteiger partial charge in [0.1, 0.15) is 11.8 Å². The standard InChI is InChI=1S/C12H13N3O2/c16-12(10-2-1-7-17-10)14-9-3-4-11-13-5-6-15(11)8-9/h3-6,8,10H,1-2,7H2,(H,14,16). The molecule has 1 N–H and O–H groups in total. The number of aromatic nitrogens is 2. The van der Waals surface area contributed by atoms with Gasteiger partial charge in [0, 0.05) is 25.2 Å². The van der Waals surface area contributed by atoms with Crippen molar-refractivity contribution >= 4 is 17.2 Å². The van der Waals surface area contributed by atoms with Gasteiger partial charge in [-0.1, -0.05) is 0 Å². The van der Waals surface area contributed by atoms with E-state index in [2.05, 4.69) is 10.3 Å². The van der Waals surface area contributed by atoms with Crippen molar-refractivity contribution < 1.29 is 9.53 Å². The first-order valence-corrected chi connectivity index (χ1v) is 5.68. The molecular weight excluding hydrogens is 218 g/mol. The highest BCUT2D eigenvalue weighted by molar-refractivity contribution is 5.94. The van der Waals surface area contributed by atoms with Gasteiger partial charge in [-0.15, -0.1) is 0 Å². The first kappa shape index (κ1) is 10.3. The van der Waals surface area contributed by atoms with Crippen LogP contribution in [0.4, 0.5) is 5.69 Å². The Labute approximate surface area is 98.4 Å². The fourth-order valence-corrected chi connectivity index (χ4v) is 2.00. The van der Waals surface area contributed by atoms with Crippen LogP contribution in [0.1, 0.15) is 12.8 Å². The Kier molecular flexibility index (Phi) is 2.53. The van der Waals surface area contributed by atoms with Crippen LogP contribution in [0.2, 0.25) is 0 Å². The van der Waals surface area contributed by atoms with Gasteiger partial charge in [-0.3, -0.25) is 4.79 Å². The number of carbonyl (C=O) groups excluding carboxylic acids is 1. The van der Waals surface area contributed by atoms with Crippen LogP contribution in [-0.4, -0.2) is 28.0 Å². The molecule has 2 aromatic heterocycles. The minimum atomic E-state index is -0.298. The molecule has 1 amide bonds. The minimum absolute atomic E-state index is 0.0676. The van der Waals surface area contributed by atoms with E-state index in [1.54, 1.807) is 6.20 Å². The van der Waals surface area contributed by atoms with Gasteiger partial charge in [-0.25, -0.2) is 4.98 Å². The van der Waals surface area contributed by atoms with Crippen LogP contribution in [0.25, 0.3) is 5.65 Å². The third-order valence-corrected chi connectivity index (χ3v) is 2.88. The average molecular weight is 231 g/mol. The molecule has 0 aliphatic carbocycles. The Hall–Kier alpha value is -1.88. The number of ether oxygens (including phenoxy) is 1. The topological polar surface area (TPSA) is 55.6 Å². The van der Waals surface area contributed by atoms with Gasteiger partial charge in [-0.05, 0) is 25.0 Å². The molecule has 2 aromatic rings. The van der Waals surface area contributed by atoms with Crippen LogP contribution in [-0.2, 0) is 9.53 Å². The van der Waals surface area contributed by atoms with E-state index in [-0.39, 0.29) is 12.0 Å². The van der Waals surface area contributed by atoms with Crippen molar-refractivity contribution in [3.8, 4) is 0 Å². The number of rotatable bonds is 2. The number of anilines is 1. The van der Waals surface area contributed by atoms with Crippen LogP contribution >= 0.6 is 0 Å². The van der Waals surface area contributed by atoms with Crippen molar-refractivity contribution in [1.82, 2.24) is 9.38 Å². The first-order valence-electron chi connectivity index (χ1n) is 5.68. The van der Waals surface area contributed by atoms with E-state index in [9.17, 15) is 4.79 Å². The van der Waals surface area contributed by atoms with Gasteiger partial charge in [0.05, 0.1) is 5.69 Å². The Bertz CT molecular complexity index is 543. The molecule has 88 valence electrons. The maximum atomic E-state index is 11.8. The summed E-state index contributed by atoms with van der Waals surface area (Å²) >= 11 is 0. The number of hydrogen-bond donors (Lipinski definition) is 1. The first-order chi connectivity index (χ1) is 8.33. The molecule has 5 nitrogen and oxygen atoms in total. The van der Waals surface area contributed by atoms with E-state index in [0.29, 0.717) is 6.61 Å². The Morgan fingerprint density at radius 1 is 1.53 bits per heavy atom. The van der Waals surface area contributed by atoms with Crippen molar-refractivity contribution in [2.24, 2.45) is 0 Å². The smallest absolute Gasteiger partial charge is 0.253 e. The van der Waals surface area contributed by atoms with Crippen LogP contribution in [0.3, 0.4) is 0 Å². The summed E-state index contributed by atoms with van der Waals surface area (Å²) in [6.45, 7) is 0.679. The zero-order valence-corrected chi connectivity index (χ0v) is 9.30. The lowest BCUT2D eigenvalue weighted by Crippen LogP contribution is -2.26. The lowest BCUT2D eigenvalue weighted by Gasteiger charge is -2.10. The molecule has 5 heteroatoms. The number of fused-ring (bicyclic) bond motifs is 1. The molecule has 0 radical (unpaired) electrons. The predicted octanol–water partition coefficient (Wildman–Crippen LogP) is 1.45. The quantitative estimate of drug-likeness (QED) is 0.851. The summed E-state index contributed by atoms with van der Waals surface area (Å²) in [5, 5.41) is 2.85. The Morgan fingerprint density at radius 2 is 2.47 bits per heavy atom. The van der Waals surface area contributed by atoms with Crippen LogP contribution in [0, 0.1) is 0 Å². The summed E-state index contributed by atoms with van der Waals surface area (Å²) in [6.07, 6.45) is 6.87. The summed E-state index contributed by atoms with van der Waals surface area (Å²) < 4.78 is 7.19. The van der Waals surface area contributed by atoms with Gasteiger partial charge in [0.15, 0.2) is 0 Å². The molecule has 0 aromatic carbocycles. The third-order valence-electron chi connectivity index (χ3n) is 2.88. The van der Waals surface area contributed by atoms with Gasteiger partial charge in [0.2, 0.25) is 0 Å². The van der Waals surface area contributed by atoms with E-state index in [1.165, 1.54) is 0 Å².